The predicted molar refractivity (Wildman–Crippen MR) is 120 cm³/mol. The second kappa shape index (κ2) is 8.46. The highest BCUT2D eigenvalue weighted by Crippen LogP contribution is 2.30. The molecule has 2 aromatic carbocycles. The highest BCUT2D eigenvalue weighted by Gasteiger charge is 2.11. The lowest BCUT2D eigenvalue weighted by Crippen LogP contribution is -2.02. The smallest absolute Gasteiger partial charge is 0.143 e. The SMILES string of the molecule is COc1cc(Cc2ncc(-c3ccc(Cl)c(Cl)c3)c(C)n2)ccc1-n1cnc(C)c1. The number of halogens is 2. The summed E-state index contributed by atoms with van der Waals surface area (Å²) in [5.41, 5.74) is 5.71. The number of aryl methyl sites for hydroxylation is 2. The van der Waals surface area contributed by atoms with E-state index in [9.17, 15) is 0 Å². The lowest BCUT2D eigenvalue weighted by molar-refractivity contribution is 0.412. The zero-order valence-electron chi connectivity index (χ0n) is 16.9. The first-order valence-corrected chi connectivity index (χ1v) is 10.2. The van der Waals surface area contributed by atoms with Crippen LogP contribution in [0.2, 0.25) is 10.0 Å². The van der Waals surface area contributed by atoms with Crippen LogP contribution in [0.25, 0.3) is 16.8 Å². The topological polar surface area (TPSA) is 52.8 Å². The number of nitrogens with zero attached hydrogens (tertiary/aromatic N) is 4. The molecule has 4 rings (SSSR count). The van der Waals surface area contributed by atoms with Crippen molar-refractivity contribution in [2.75, 3.05) is 7.11 Å². The zero-order chi connectivity index (χ0) is 21.3. The quantitative estimate of drug-likeness (QED) is 0.391. The lowest BCUT2D eigenvalue weighted by Gasteiger charge is -2.12. The van der Waals surface area contributed by atoms with Gasteiger partial charge in [-0.25, -0.2) is 15.0 Å². The molecule has 0 aliphatic carbocycles. The Hall–Kier alpha value is -2.89. The number of hydrogen-bond acceptors (Lipinski definition) is 4. The molecule has 0 radical (unpaired) electrons. The van der Waals surface area contributed by atoms with Crippen LogP contribution in [0.4, 0.5) is 0 Å². The van der Waals surface area contributed by atoms with Gasteiger partial charge in [-0.2, -0.15) is 0 Å². The van der Waals surface area contributed by atoms with E-state index in [1.54, 1.807) is 19.5 Å². The number of hydrogen-bond donors (Lipinski definition) is 0. The fourth-order valence-corrected chi connectivity index (χ4v) is 3.63. The molecule has 4 aromatic rings. The Morgan fingerprint density at radius 3 is 2.50 bits per heavy atom. The number of benzene rings is 2. The van der Waals surface area contributed by atoms with Gasteiger partial charge in [-0.1, -0.05) is 35.3 Å². The molecule has 0 unspecified atom stereocenters. The summed E-state index contributed by atoms with van der Waals surface area (Å²) in [4.78, 5) is 13.5. The number of aromatic nitrogens is 4. The fourth-order valence-electron chi connectivity index (χ4n) is 3.33. The zero-order valence-corrected chi connectivity index (χ0v) is 18.4. The van der Waals surface area contributed by atoms with E-state index in [-0.39, 0.29) is 0 Å². The molecular formula is C23H20Cl2N4O. The fraction of sp³-hybridized carbons (Fsp3) is 0.174. The molecule has 30 heavy (non-hydrogen) atoms. The Kier molecular flexibility index (Phi) is 5.75. The molecule has 0 spiro atoms. The van der Waals surface area contributed by atoms with Crippen molar-refractivity contribution in [3.8, 4) is 22.6 Å². The second-order valence-electron chi connectivity index (χ2n) is 7.02. The highest BCUT2D eigenvalue weighted by molar-refractivity contribution is 6.42. The van der Waals surface area contributed by atoms with E-state index < -0.39 is 0 Å². The first-order chi connectivity index (χ1) is 14.4. The van der Waals surface area contributed by atoms with Gasteiger partial charge >= 0.3 is 0 Å². The Morgan fingerprint density at radius 2 is 1.83 bits per heavy atom. The molecule has 0 saturated heterocycles. The Bertz CT molecular complexity index is 1220. The number of ether oxygens (including phenoxy) is 1. The monoisotopic (exact) mass is 438 g/mol. The minimum absolute atomic E-state index is 0.512. The van der Waals surface area contributed by atoms with Crippen LogP contribution in [-0.2, 0) is 6.42 Å². The summed E-state index contributed by atoms with van der Waals surface area (Å²) in [5.74, 6) is 1.51. The van der Waals surface area contributed by atoms with E-state index >= 15 is 0 Å². The molecule has 7 heteroatoms. The van der Waals surface area contributed by atoms with Gasteiger partial charge in [0.1, 0.15) is 11.6 Å². The average molecular weight is 439 g/mol. The van der Waals surface area contributed by atoms with Crippen LogP contribution in [0.5, 0.6) is 5.75 Å². The molecular weight excluding hydrogens is 419 g/mol. The summed E-state index contributed by atoms with van der Waals surface area (Å²) in [6, 6.07) is 11.6. The molecule has 2 aromatic heterocycles. The molecule has 152 valence electrons. The van der Waals surface area contributed by atoms with Gasteiger partial charge in [0.15, 0.2) is 0 Å². The Morgan fingerprint density at radius 1 is 1.00 bits per heavy atom. The van der Waals surface area contributed by atoms with Crippen LogP contribution in [0.1, 0.15) is 22.8 Å². The maximum atomic E-state index is 6.15. The molecule has 0 bridgehead atoms. The van der Waals surface area contributed by atoms with Gasteiger partial charge < -0.3 is 9.30 Å². The van der Waals surface area contributed by atoms with Crippen molar-refractivity contribution in [3.63, 3.8) is 0 Å². The van der Waals surface area contributed by atoms with Crippen LogP contribution in [0.3, 0.4) is 0 Å². The minimum Gasteiger partial charge on any atom is -0.495 e. The van der Waals surface area contributed by atoms with Crippen molar-refractivity contribution >= 4 is 23.2 Å². The van der Waals surface area contributed by atoms with Gasteiger partial charge in [0.05, 0.1) is 34.9 Å². The molecule has 5 nitrogen and oxygen atoms in total. The Labute approximate surface area is 185 Å². The third kappa shape index (κ3) is 4.18. The van der Waals surface area contributed by atoms with E-state index in [0.717, 1.165) is 45.3 Å². The molecule has 2 heterocycles. The van der Waals surface area contributed by atoms with Crippen molar-refractivity contribution in [2.24, 2.45) is 0 Å². The summed E-state index contributed by atoms with van der Waals surface area (Å²) in [6.45, 7) is 3.92. The van der Waals surface area contributed by atoms with Crippen LogP contribution in [0, 0.1) is 13.8 Å². The summed E-state index contributed by atoms with van der Waals surface area (Å²) >= 11 is 12.2. The Balaban J connectivity index is 1.60. The largest absolute Gasteiger partial charge is 0.495 e. The molecule has 0 amide bonds. The number of methoxy groups -OCH3 is 1. The average Bonchev–Trinajstić information content (AvgIpc) is 3.16. The first kappa shape index (κ1) is 20.4. The van der Waals surface area contributed by atoms with E-state index in [1.807, 2.05) is 55.1 Å². The van der Waals surface area contributed by atoms with Gasteiger partial charge in [-0.15, -0.1) is 0 Å². The van der Waals surface area contributed by atoms with E-state index in [1.165, 1.54) is 0 Å². The standard InChI is InChI=1S/C23H20Cl2N4O/c1-14-12-29(13-27-14)21-7-4-16(8-22(21)30-3)9-23-26-11-18(15(2)28-23)17-5-6-19(24)20(25)10-17/h4-8,10-13H,9H2,1-3H3. The summed E-state index contributed by atoms with van der Waals surface area (Å²) in [6.07, 6.45) is 6.17. The molecule has 0 aliphatic rings. The summed E-state index contributed by atoms with van der Waals surface area (Å²) < 4.78 is 7.55. The van der Waals surface area contributed by atoms with Gasteiger partial charge in [0.25, 0.3) is 0 Å². The predicted octanol–water partition coefficient (Wildman–Crippen LogP) is 5.85. The van der Waals surface area contributed by atoms with Crippen LogP contribution < -0.4 is 4.74 Å². The van der Waals surface area contributed by atoms with E-state index in [2.05, 4.69) is 16.0 Å². The first-order valence-electron chi connectivity index (χ1n) is 9.40. The van der Waals surface area contributed by atoms with Crippen LogP contribution >= 0.6 is 23.2 Å². The molecule has 0 N–H and O–H groups in total. The number of rotatable bonds is 5. The molecule has 0 saturated carbocycles. The van der Waals surface area contributed by atoms with Crippen molar-refractivity contribution in [3.05, 3.63) is 87.9 Å². The van der Waals surface area contributed by atoms with Gasteiger partial charge in [-0.05, 0) is 49.2 Å². The number of imidazole rings is 1. The minimum atomic E-state index is 0.512. The van der Waals surface area contributed by atoms with Gasteiger partial charge in [0.2, 0.25) is 0 Å². The third-order valence-electron chi connectivity index (χ3n) is 4.86. The van der Waals surface area contributed by atoms with Crippen molar-refractivity contribution in [1.82, 2.24) is 19.5 Å². The summed E-state index contributed by atoms with van der Waals surface area (Å²) in [5, 5.41) is 1.04. The van der Waals surface area contributed by atoms with Crippen molar-refractivity contribution in [1.29, 1.82) is 0 Å². The third-order valence-corrected chi connectivity index (χ3v) is 5.60. The van der Waals surface area contributed by atoms with Crippen molar-refractivity contribution < 1.29 is 4.74 Å². The molecule has 0 aliphatic heterocycles. The van der Waals surface area contributed by atoms with Gasteiger partial charge in [0, 0.05) is 30.1 Å². The van der Waals surface area contributed by atoms with Crippen LogP contribution in [0.15, 0.2) is 55.1 Å². The lowest BCUT2D eigenvalue weighted by atomic mass is 10.1. The highest BCUT2D eigenvalue weighted by atomic mass is 35.5. The van der Waals surface area contributed by atoms with E-state index in [4.69, 9.17) is 32.9 Å². The molecule has 0 atom stereocenters. The van der Waals surface area contributed by atoms with Crippen molar-refractivity contribution in [2.45, 2.75) is 20.3 Å². The van der Waals surface area contributed by atoms with Gasteiger partial charge in [-0.3, -0.25) is 0 Å². The van der Waals surface area contributed by atoms with Crippen LogP contribution in [-0.4, -0.2) is 26.6 Å². The second-order valence-corrected chi connectivity index (χ2v) is 7.83. The normalized spacial score (nSPS) is 11.0. The maximum Gasteiger partial charge on any atom is 0.143 e. The molecule has 0 fully saturated rings. The summed E-state index contributed by atoms with van der Waals surface area (Å²) in [7, 11) is 1.67. The maximum absolute atomic E-state index is 6.15. The van der Waals surface area contributed by atoms with E-state index in [0.29, 0.717) is 16.5 Å².